The molecule has 0 heterocycles. The molecule has 4 nitrogen and oxygen atoms in total. The van der Waals surface area contributed by atoms with Crippen molar-refractivity contribution in [3.63, 3.8) is 0 Å². The SMILES string of the molecule is O=C(C/C=N\OCc1ccc(Cl)cc1Cl)c1cccc(OCc2ccc(Cl)cc2Cl)c1. The molecule has 3 aromatic carbocycles. The van der Waals surface area contributed by atoms with Crippen molar-refractivity contribution in [1.29, 1.82) is 0 Å². The second kappa shape index (κ2) is 11.4. The number of benzene rings is 3. The molecule has 0 unspecified atom stereocenters. The molecule has 0 bridgehead atoms. The van der Waals surface area contributed by atoms with Crippen molar-refractivity contribution in [3.8, 4) is 5.75 Å². The molecule has 0 N–H and O–H groups in total. The van der Waals surface area contributed by atoms with Crippen LogP contribution in [0.15, 0.2) is 65.8 Å². The van der Waals surface area contributed by atoms with E-state index in [1.165, 1.54) is 6.21 Å². The maximum Gasteiger partial charge on any atom is 0.168 e. The van der Waals surface area contributed by atoms with Crippen molar-refractivity contribution >= 4 is 58.4 Å². The van der Waals surface area contributed by atoms with E-state index in [9.17, 15) is 4.79 Å². The predicted octanol–water partition coefficient (Wildman–Crippen LogP) is 7.65. The lowest BCUT2D eigenvalue weighted by atomic mass is 10.1. The fourth-order valence-corrected chi connectivity index (χ4v) is 3.52. The third kappa shape index (κ3) is 7.15. The van der Waals surface area contributed by atoms with Gasteiger partial charge in [0.25, 0.3) is 0 Å². The van der Waals surface area contributed by atoms with Gasteiger partial charge < -0.3 is 9.57 Å². The lowest BCUT2D eigenvalue weighted by Crippen LogP contribution is -2.02. The van der Waals surface area contributed by atoms with E-state index in [1.807, 2.05) is 0 Å². The van der Waals surface area contributed by atoms with Gasteiger partial charge in [0, 0.05) is 43.2 Å². The second-order valence-electron chi connectivity index (χ2n) is 6.48. The Hall–Kier alpha value is -2.24. The number of Topliss-reactive ketones (excluding diaryl/α,β-unsaturated/α-hetero) is 1. The third-order valence-corrected chi connectivity index (χ3v) is 5.40. The van der Waals surface area contributed by atoms with E-state index >= 15 is 0 Å². The summed E-state index contributed by atoms with van der Waals surface area (Å²) in [5.74, 6) is 0.439. The van der Waals surface area contributed by atoms with E-state index in [2.05, 4.69) is 5.16 Å². The van der Waals surface area contributed by atoms with E-state index < -0.39 is 0 Å². The molecule has 31 heavy (non-hydrogen) atoms. The number of oxime groups is 1. The van der Waals surface area contributed by atoms with Crippen LogP contribution in [0.4, 0.5) is 0 Å². The molecule has 0 fully saturated rings. The van der Waals surface area contributed by atoms with Crippen LogP contribution in [0.5, 0.6) is 5.75 Å². The first-order valence-corrected chi connectivity index (χ1v) is 10.7. The number of ketones is 1. The highest BCUT2D eigenvalue weighted by Gasteiger charge is 2.08. The lowest BCUT2D eigenvalue weighted by Gasteiger charge is -2.09. The summed E-state index contributed by atoms with van der Waals surface area (Å²) < 4.78 is 5.76. The van der Waals surface area contributed by atoms with Crippen LogP contribution in [0.1, 0.15) is 27.9 Å². The first-order valence-electron chi connectivity index (χ1n) is 9.20. The lowest BCUT2D eigenvalue weighted by molar-refractivity contribution is 0.0995. The summed E-state index contributed by atoms with van der Waals surface area (Å²) in [6, 6.07) is 17.2. The molecule has 0 spiro atoms. The molecule has 160 valence electrons. The van der Waals surface area contributed by atoms with Crippen LogP contribution in [0.25, 0.3) is 0 Å². The van der Waals surface area contributed by atoms with Crippen molar-refractivity contribution in [1.82, 2.24) is 0 Å². The minimum atomic E-state index is -0.119. The Balaban J connectivity index is 1.50. The predicted molar refractivity (Wildman–Crippen MR) is 126 cm³/mol. The third-order valence-electron chi connectivity index (χ3n) is 4.23. The first-order chi connectivity index (χ1) is 14.9. The monoisotopic (exact) mass is 495 g/mol. The van der Waals surface area contributed by atoms with Gasteiger partial charge in [-0.05, 0) is 36.4 Å². The molecule has 0 saturated carbocycles. The van der Waals surface area contributed by atoms with Crippen molar-refractivity contribution in [2.45, 2.75) is 19.6 Å². The molecule has 0 saturated heterocycles. The van der Waals surface area contributed by atoms with Crippen molar-refractivity contribution in [3.05, 3.63) is 97.4 Å². The van der Waals surface area contributed by atoms with Gasteiger partial charge in [0.15, 0.2) is 5.78 Å². The highest BCUT2D eigenvalue weighted by atomic mass is 35.5. The standard InChI is InChI=1S/C23H17Cl4NO3/c24-18-6-4-16(21(26)11-18)13-30-20-3-1-2-15(10-20)23(29)8-9-28-31-14-17-5-7-19(25)12-22(17)27/h1-7,9-12H,8,13-14H2/b28-9-. The number of hydrogen-bond donors (Lipinski definition) is 0. The Kier molecular flexibility index (Phi) is 8.61. The molecule has 0 aliphatic rings. The van der Waals surface area contributed by atoms with Crippen LogP contribution in [0, 0.1) is 0 Å². The van der Waals surface area contributed by atoms with Gasteiger partial charge in [-0.25, -0.2) is 0 Å². The molecule has 0 aliphatic heterocycles. The molecular weight excluding hydrogens is 480 g/mol. The van der Waals surface area contributed by atoms with E-state index in [-0.39, 0.29) is 25.4 Å². The Morgan fingerprint density at radius 3 is 2.13 bits per heavy atom. The van der Waals surface area contributed by atoms with Crippen molar-refractivity contribution in [2.75, 3.05) is 0 Å². The number of ether oxygens (including phenoxy) is 1. The minimum absolute atomic E-state index is 0.0841. The highest BCUT2D eigenvalue weighted by Crippen LogP contribution is 2.24. The van der Waals surface area contributed by atoms with E-state index in [0.29, 0.717) is 31.4 Å². The summed E-state index contributed by atoms with van der Waals surface area (Å²) in [6.07, 6.45) is 1.49. The van der Waals surface area contributed by atoms with Crippen LogP contribution in [0.3, 0.4) is 0 Å². The molecule has 0 atom stereocenters. The summed E-state index contributed by atoms with van der Waals surface area (Å²) in [6.45, 7) is 0.438. The summed E-state index contributed by atoms with van der Waals surface area (Å²) in [4.78, 5) is 17.6. The van der Waals surface area contributed by atoms with Gasteiger partial charge in [-0.1, -0.05) is 75.8 Å². The fourth-order valence-electron chi connectivity index (χ4n) is 2.60. The molecule has 0 amide bonds. The molecule has 8 heteroatoms. The number of carbonyl (C=O) groups is 1. The number of hydrogen-bond acceptors (Lipinski definition) is 4. The van der Waals surface area contributed by atoms with Gasteiger partial charge in [-0.3, -0.25) is 4.79 Å². The van der Waals surface area contributed by atoms with Crippen LogP contribution >= 0.6 is 46.4 Å². The summed E-state index contributed by atoms with van der Waals surface area (Å²) in [5, 5.41) is 5.94. The summed E-state index contributed by atoms with van der Waals surface area (Å²) in [7, 11) is 0. The van der Waals surface area contributed by atoms with Gasteiger partial charge in [0.2, 0.25) is 0 Å². The smallest absolute Gasteiger partial charge is 0.168 e. The molecular formula is C23H17Cl4NO3. The highest BCUT2D eigenvalue weighted by molar-refractivity contribution is 6.35. The fraction of sp³-hybridized carbons (Fsp3) is 0.130. The summed E-state index contributed by atoms with van der Waals surface area (Å²) >= 11 is 24.0. The van der Waals surface area contributed by atoms with E-state index in [1.54, 1.807) is 60.7 Å². The zero-order chi connectivity index (χ0) is 22.2. The Bertz CT molecular complexity index is 1100. The van der Waals surface area contributed by atoms with E-state index in [0.717, 1.165) is 11.1 Å². The summed E-state index contributed by atoms with van der Waals surface area (Å²) in [5.41, 5.74) is 2.06. The van der Waals surface area contributed by atoms with Gasteiger partial charge >= 0.3 is 0 Å². The Morgan fingerprint density at radius 1 is 0.839 bits per heavy atom. The number of carbonyl (C=O) groups excluding carboxylic acids is 1. The first kappa shape index (κ1) is 23.4. The molecule has 0 radical (unpaired) electrons. The van der Waals surface area contributed by atoms with Crippen LogP contribution in [-0.4, -0.2) is 12.0 Å². The minimum Gasteiger partial charge on any atom is -0.489 e. The number of nitrogens with zero attached hydrogens (tertiary/aromatic N) is 1. The van der Waals surface area contributed by atoms with Crippen LogP contribution < -0.4 is 4.74 Å². The van der Waals surface area contributed by atoms with E-state index in [4.69, 9.17) is 56.0 Å². The number of rotatable bonds is 9. The maximum absolute atomic E-state index is 12.4. The van der Waals surface area contributed by atoms with Crippen LogP contribution in [-0.2, 0) is 18.1 Å². The van der Waals surface area contributed by atoms with Gasteiger partial charge in [0.05, 0.1) is 6.21 Å². The topological polar surface area (TPSA) is 47.9 Å². The Labute approximate surface area is 200 Å². The molecule has 0 aliphatic carbocycles. The second-order valence-corrected chi connectivity index (χ2v) is 8.16. The zero-order valence-electron chi connectivity index (χ0n) is 16.2. The quantitative estimate of drug-likeness (QED) is 0.173. The van der Waals surface area contributed by atoms with Gasteiger partial charge in [-0.2, -0.15) is 0 Å². The van der Waals surface area contributed by atoms with Crippen molar-refractivity contribution in [2.24, 2.45) is 5.16 Å². The average molecular weight is 497 g/mol. The molecule has 3 rings (SSSR count). The van der Waals surface area contributed by atoms with Gasteiger partial charge in [-0.15, -0.1) is 0 Å². The normalized spacial score (nSPS) is 11.0. The molecule has 0 aromatic heterocycles. The number of halogens is 4. The maximum atomic E-state index is 12.4. The van der Waals surface area contributed by atoms with Gasteiger partial charge in [0.1, 0.15) is 19.0 Å². The Morgan fingerprint density at radius 2 is 1.48 bits per heavy atom. The largest absolute Gasteiger partial charge is 0.489 e. The zero-order valence-corrected chi connectivity index (χ0v) is 19.2. The van der Waals surface area contributed by atoms with Crippen molar-refractivity contribution < 1.29 is 14.4 Å². The molecule has 3 aromatic rings. The average Bonchev–Trinajstić information content (AvgIpc) is 2.74. The van der Waals surface area contributed by atoms with Crippen LogP contribution in [0.2, 0.25) is 20.1 Å².